The van der Waals surface area contributed by atoms with E-state index in [1.54, 1.807) is 19.3 Å². The van der Waals surface area contributed by atoms with Gasteiger partial charge in [-0.2, -0.15) is 5.10 Å². The van der Waals surface area contributed by atoms with Gasteiger partial charge in [0.15, 0.2) is 11.4 Å². The van der Waals surface area contributed by atoms with E-state index in [2.05, 4.69) is 15.4 Å². The maximum atomic E-state index is 11.9. The van der Waals surface area contributed by atoms with Gasteiger partial charge in [-0.05, 0) is 26.7 Å². The second kappa shape index (κ2) is 5.81. The molecular weight excluding hydrogens is 268 g/mol. The fourth-order valence-electron chi connectivity index (χ4n) is 2.73. The summed E-state index contributed by atoms with van der Waals surface area (Å²) in [7, 11) is 0. The number of rotatable bonds is 4. The molecule has 1 aliphatic rings. The Hall–Kier alpha value is -1.95. The molecule has 6 nitrogen and oxygen atoms in total. The molecule has 3 rings (SSSR count). The predicted octanol–water partition coefficient (Wildman–Crippen LogP) is 2.24. The number of carbonyl (C=O) groups excluding carboxylic acids is 1. The molecule has 1 saturated heterocycles. The van der Waals surface area contributed by atoms with E-state index in [-0.39, 0.29) is 5.78 Å². The Morgan fingerprint density at radius 3 is 2.86 bits per heavy atom. The number of ether oxygens (including phenoxy) is 1. The Kier molecular flexibility index (Phi) is 3.88. The Morgan fingerprint density at radius 2 is 2.19 bits per heavy atom. The molecule has 0 aromatic carbocycles. The molecule has 0 unspecified atom stereocenters. The lowest BCUT2D eigenvalue weighted by molar-refractivity contribution is 0.0904. The molecule has 6 heteroatoms. The third kappa shape index (κ3) is 2.63. The number of fused-ring (bicyclic) bond motifs is 1. The average Bonchev–Trinajstić information content (AvgIpc) is 2.92. The van der Waals surface area contributed by atoms with Crippen LogP contribution in [0.15, 0.2) is 12.4 Å². The maximum absolute atomic E-state index is 11.9. The summed E-state index contributed by atoms with van der Waals surface area (Å²) in [5.41, 5.74) is 2.31. The van der Waals surface area contributed by atoms with E-state index < -0.39 is 0 Å². The molecule has 112 valence electrons. The van der Waals surface area contributed by atoms with Gasteiger partial charge in [0.2, 0.25) is 0 Å². The SMILES string of the molecule is CCn1ncc2c(NC3CCOCC3)c(C(C)=O)cnc21. The highest BCUT2D eigenvalue weighted by atomic mass is 16.5. The highest BCUT2D eigenvalue weighted by Crippen LogP contribution is 2.28. The highest BCUT2D eigenvalue weighted by Gasteiger charge is 2.20. The van der Waals surface area contributed by atoms with Gasteiger partial charge >= 0.3 is 0 Å². The van der Waals surface area contributed by atoms with Gasteiger partial charge in [-0.3, -0.25) is 4.79 Å². The molecule has 0 aliphatic carbocycles. The van der Waals surface area contributed by atoms with Crippen LogP contribution in [0, 0.1) is 0 Å². The third-order valence-corrected chi connectivity index (χ3v) is 3.91. The molecule has 0 bridgehead atoms. The van der Waals surface area contributed by atoms with Crippen LogP contribution < -0.4 is 5.32 Å². The molecule has 1 N–H and O–H groups in total. The van der Waals surface area contributed by atoms with Crippen molar-refractivity contribution in [2.45, 2.75) is 39.3 Å². The van der Waals surface area contributed by atoms with Crippen LogP contribution in [-0.2, 0) is 11.3 Å². The number of nitrogens with one attached hydrogen (secondary N) is 1. The average molecular weight is 288 g/mol. The van der Waals surface area contributed by atoms with Crippen molar-refractivity contribution in [3.63, 3.8) is 0 Å². The van der Waals surface area contributed by atoms with Gasteiger partial charge in [0.25, 0.3) is 0 Å². The molecule has 0 amide bonds. The van der Waals surface area contributed by atoms with Crippen molar-refractivity contribution in [3.05, 3.63) is 18.0 Å². The van der Waals surface area contributed by atoms with Crippen LogP contribution in [0.25, 0.3) is 11.0 Å². The lowest BCUT2D eigenvalue weighted by atomic mass is 10.1. The highest BCUT2D eigenvalue weighted by molar-refractivity contribution is 6.06. The van der Waals surface area contributed by atoms with E-state index in [9.17, 15) is 4.79 Å². The first kappa shape index (κ1) is 14.0. The van der Waals surface area contributed by atoms with Crippen LogP contribution in [0.4, 0.5) is 5.69 Å². The summed E-state index contributed by atoms with van der Waals surface area (Å²) in [6.07, 6.45) is 5.34. The van der Waals surface area contributed by atoms with E-state index in [1.165, 1.54) is 0 Å². The van der Waals surface area contributed by atoms with Crippen molar-refractivity contribution in [2.75, 3.05) is 18.5 Å². The fraction of sp³-hybridized carbons (Fsp3) is 0.533. The van der Waals surface area contributed by atoms with Crippen molar-refractivity contribution in [1.82, 2.24) is 14.8 Å². The minimum absolute atomic E-state index is 0.0169. The van der Waals surface area contributed by atoms with E-state index in [4.69, 9.17) is 4.74 Å². The topological polar surface area (TPSA) is 69.0 Å². The van der Waals surface area contributed by atoms with Gasteiger partial charge in [-0.25, -0.2) is 9.67 Å². The summed E-state index contributed by atoms with van der Waals surface area (Å²) in [6, 6.07) is 0.326. The summed E-state index contributed by atoms with van der Waals surface area (Å²) < 4.78 is 7.23. The van der Waals surface area contributed by atoms with Gasteiger partial charge in [0.05, 0.1) is 22.8 Å². The van der Waals surface area contributed by atoms with E-state index >= 15 is 0 Å². The molecule has 0 spiro atoms. The number of aromatic nitrogens is 3. The minimum atomic E-state index is 0.0169. The van der Waals surface area contributed by atoms with Crippen molar-refractivity contribution in [2.24, 2.45) is 0 Å². The van der Waals surface area contributed by atoms with Crippen LogP contribution in [-0.4, -0.2) is 39.8 Å². The number of carbonyl (C=O) groups is 1. The zero-order valence-electron chi connectivity index (χ0n) is 12.4. The lowest BCUT2D eigenvalue weighted by Gasteiger charge is -2.25. The van der Waals surface area contributed by atoms with Gasteiger partial charge < -0.3 is 10.1 Å². The zero-order valence-corrected chi connectivity index (χ0v) is 12.4. The smallest absolute Gasteiger partial charge is 0.163 e. The van der Waals surface area contributed by atoms with Crippen molar-refractivity contribution in [1.29, 1.82) is 0 Å². The quantitative estimate of drug-likeness (QED) is 0.874. The van der Waals surface area contributed by atoms with Gasteiger partial charge in [-0.1, -0.05) is 0 Å². The predicted molar refractivity (Wildman–Crippen MR) is 80.7 cm³/mol. The molecule has 3 heterocycles. The van der Waals surface area contributed by atoms with E-state index in [1.807, 2.05) is 11.6 Å². The minimum Gasteiger partial charge on any atom is -0.381 e. The van der Waals surface area contributed by atoms with Gasteiger partial charge in [0, 0.05) is 32.0 Å². The summed E-state index contributed by atoms with van der Waals surface area (Å²) in [5, 5.41) is 8.78. The molecule has 1 fully saturated rings. The first-order valence-electron chi connectivity index (χ1n) is 7.40. The second-order valence-electron chi connectivity index (χ2n) is 5.33. The fourth-order valence-corrected chi connectivity index (χ4v) is 2.73. The van der Waals surface area contributed by atoms with E-state index in [0.717, 1.165) is 49.3 Å². The molecule has 0 radical (unpaired) electrons. The molecule has 21 heavy (non-hydrogen) atoms. The summed E-state index contributed by atoms with van der Waals surface area (Å²) >= 11 is 0. The molecule has 0 atom stereocenters. The zero-order chi connectivity index (χ0) is 14.8. The summed E-state index contributed by atoms with van der Waals surface area (Å²) in [5.74, 6) is 0.0169. The summed E-state index contributed by atoms with van der Waals surface area (Å²) in [4.78, 5) is 16.3. The normalized spacial score (nSPS) is 16.3. The monoisotopic (exact) mass is 288 g/mol. The standard InChI is InChI=1S/C15H20N4O2/c1-3-19-15-13(9-17-19)14(12(8-16-15)10(2)20)18-11-4-6-21-7-5-11/h8-9,11H,3-7H2,1-2H3,(H,16,18). The van der Waals surface area contributed by atoms with Crippen LogP contribution in [0.1, 0.15) is 37.0 Å². The largest absolute Gasteiger partial charge is 0.381 e. The number of aryl methyl sites for hydroxylation is 1. The number of hydrogen-bond donors (Lipinski definition) is 1. The van der Waals surface area contributed by atoms with Crippen LogP contribution in [0.5, 0.6) is 0 Å². The Bertz CT molecular complexity index is 659. The number of ketones is 1. The number of anilines is 1. The van der Waals surface area contributed by atoms with Crippen molar-refractivity contribution >= 4 is 22.5 Å². The second-order valence-corrected chi connectivity index (χ2v) is 5.33. The summed E-state index contributed by atoms with van der Waals surface area (Å²) in [6.45, 7) is 5.87. The number of hydrogen-bond acceptors (Lipinski definition) is 5. The lowest BCUT2D eigenvalue weighted by Crippen LogP contribution is -2.28. The van der Waals surface area contributed by atoms with Crippen LogP contribution in [0.3, 0.4) is 0 Å². The maximum Gasteiger partial charge on any atom is 0.163 e. The van der Waals surface area contributed by atoms with E-state index in [0.29, 0.717) is 11.6 Å². The van der Waals surface area contributed by atoms with Gasteiger partial charge in [0.1, 0.15) is 0 Å². The molecule has 0 saturated carbocycles. The van der Waals surface area contributed by atoms with Gasteiger partial charge in [-0.15, -0.1) is 0 Å². The van der Waals surface area contributed by atoms with Crippen LogP contribution in [0.2, 0.25) is 0 Å². The first-order valence-corrected chi connectivity index (χ1v) is 7.40. The Labute approximate surface area is 123 Å². The number of nitrogens with zero attached hydrogens (tertiary/aromatic N) is 3. The molecule has 2 aromatic rings. The molecule has 1 aliphatic heterocycles. The molecular formula is C15H20N4O2. The van der Waals surface area contributed by atoms with Crippen LogP contribution >= 0.6 is 0 Å². The third-order valence-electron chi connectivity index (χ3n) is 3.91. The Morgan fingerprint density at radius 1 is 1.43 bits per heavy atom. The van der Waals surface area contributed by atoms with Crippen molar-refractivity contribution < 1.29 is 9.53 Å². The number of pyridine rings is 1. The first-order chi connectivity index (χ1) is 10.2. The molecule has 2 aromatic heterocycles. The number of Topliss-reactive ketones (excluding diaryl/α,β-unsaturated/α-hetero) is 1. The van der Waals surface area contributed by atoms with Crippen molar-refractivity contribution in [3.8, 4) is 0 Å². The Balaban J connectivity index is 2.05.